The highest BCUT2D eigenvalue weighted by molar-refractivity contribution is 6.26. The van der Waals surface area contributed by atoms with Crippen LogP contribution in [0, 0.1) is 0 Å². The molecule has 0 fully saturated rings. The van der Waals surface area contributed by atoms with Gasteiger partial charge in [-0.3, -0.25) is 4.99 Å². The van der Waals surface area contributed by atoms with Gasteiger partial charge in [0.2, 0.25) is 0 Å². The van der Waals surface area contributed by atoms with Crippen molar-refractivity contribution in [2.24, 2.45) is 30.0 Å². The lowest BCUT2D eigenvalue weighted by molar-refractivity contribution is 1.02. The first-order valence-corrected chi connectivity index (χ1v) is 12.9. The van der Waals surface area contributed by atoms with Crippen LogP contribution in [0.2, 0.25) is 0 Å². The van der Waals surface area contributed by atoms with Crippen LogP contribution < -0.4 is 11.0 Å². The predicted octanol–water partition coefficient (Wildman–Crippen LogP) is 5.97. The average molecular weight is 535 g/mol. The highest BCUT2D eigenvalue weighted by atomic mass is 15.1. The van der Waals surface area contributed by atoms with E-state index in [9.17, 15) is 0 Å². The van der Waals surface area contributed by atoms with E-state index in [1.807, 2.05) is 48.5 Å². The first-order valence-electron chi connectivity index (χ1n) is 12.9. The Kier molecular flexibility index (Phi) is 6.49. The van der Waals surface area contributed by atoms with Gasteiger partial charge in [0.1, 0.15) is 22.6 Å². The van der Waals surface area contributed by atoms with Crippen molar-refractivity contribution in [2.75, 3.05) is 6.54 Å². The zero-order valence-electron chi connectivity index (χ0n) is 22.4. The molecule has 41 heavy (non-hydrogen) atoms. The number of nitrogens with zero attached hydrogens (tertiary/aromatic N) is 6. The Morgan fingerprint density at radius 3 is 1.88 bits per heavy atom. The third kappa shape index (κ3) is 4.28. The Balaban J connectivity index is 1.74. The van der Waals surface area contributed by atoms with Crippen LogP contribution in [0.3, 0.4) is 0 Å². The Bertz CT molecular complexity index is 2060. The molecule has 8 heteroatoms. The summed E-state index contributed by atoms with van der Waals surface area (Å²) in [6.07, 6.45) is 6.88. The molecule has 6 bridgehead atoms. The molecule has 0 unspecified atom stereocenters. The van der Waals surface area contributed by atoms with Gasteiger partial charge in [-0.05, 0) is 12.3 Å². The van der Waals surface area contributed by atoms with Crippen molar-refractivity contribution < 1.29 is 0 Å². The highest BCUT2D eigenvalue weighted by Crippen LogP contribution is 2.35. The summed E-state index contributed by atoms with van der Waals surface area (Å²) < 4.78 is 0. The van der Waals surface area contributed by atoms with Gasteiger partial charge in [0.05, 0.1) is 6.54 Å². The molecule has 6 rings (SSSR count). The number of aromatic nitrogens is 2. The van der Waals surface area contributed by atoms with Gasteiger partial charge in [0.15, 0.2) is 17.5 Å². The predicted molar refractivity (Wildman–Crippen MR) is 170 cm³/mol. The monoisotopic (exact) mass is 534 g/mol. The quantitative estimate of drug-likeness (QED) is 0.301. The number of benzene rings is 2. The number of nitrogens with one attached hydrogen (secondary N) is 2. The number of H-pyrrole nitrogens is 2. The largest absolute Gasteiger partial charge is 0.324 e. The van der Waals surface area contributed by atoms with E-state index in [1.54, 1.807) is 24.3 Å². The molecule has 2 aromatic carbocycles. The lowest BCUT2D eigenvalue weighted by atomic mass is 10.1. The normalized spacial score (nSPS) is 16.2. The molecule has 4 aromatic rings. The van der Waals surface area contributed by atoms with Crippen molar-refractivity contribution >= 4 is 58.8 Å². The Labute approximate surface area is 236 Å². The Morgan fingerprint density at radius 1 is 0.659 bits per heavy atom. The van der Waals surface area contributed by atoms with Crippen LogP contribution in [-0.2, 0) is 0 Å². The van der Waals surface area contributed by atoms with E-state index in [0.29, 0.717) is 45.7 Å². The number of fused-ring (bicyclic) bond motifs is 11. The zero-order valence-corrected chi connectivity index (χ0v) is 22.4. The molecule has 2 aliphatic rings. The molecule has 0 spiro atoms. The van der Waals surface area contributed by atoms with Crippen LogP contribution in [0.25, 0.3) is 22.9 Å². The number of hydrogen-bond donors (Lipinski definition) is 2. The fourth-order valence-corrected chi connectivity index (χ4v) is 5.00. The number of hydrogen-bond acceptors (Lipinski definition) is 6. The molecule has 4 heterocycles. The molecule has 0 amide bonds. The van der Waals surface area contributed by atoms with E-state index in [1.165, 1.54) is 0 Å². The molecule has 2 aromatic heterocycles. The van der Waals surface area contributed by atoms with Crippen LogP contribution in [0.4, 0.5) is 11.6 Å². The van der Waals surface area contributed by atoms with Gasteiger partial charge < -0.3 is 9.97 Å². The summed E-state index contributed by atoms with van der Waals surface area (Å²) >= 11 is 0. The number of aliphatic imine (C=N–C) groups is 4. The van der Waals surface area contributed by atoms with E-state index >= 15 is 0 Å². The Morgan fingerprint density at radius 2 is 1.27 bits per heavy atom. The van der Waals surface area contributed by atoms with Crippen molar-refractivity contribution in [1.82, 2.24) is 9.97 Å². The van der Waals surface area contributed by atoms with E-state index in [4.69, 9.17) is 25.0 Å². The van der Waals surface area contributed by atoms with Crippen molar-refractivity contribution in [2.45, 2.75) is 0 Å². The fraction of sp³-hybridized carbons (Fsp3) is 0.0303. The van der Waals surface area contributed by atoms with E-state index < -0.39 is 0 Å². The van der Waals surface area contributed by atoms with Gasteiger partial charge in [-0.15, -0.1) is 0 Å². The van der Waals surface area contributed by atoms with Crippen LogP contribution >= 0.6 is 0 Å². The lowest BCUT2D eigenvalue weighted by Gasteiger charge is -2.07. The summed E-state index contributed by atoms with van der Waals surface area (Å²) in [5.74, 6) is 2.63. The molecule has 0 saturated carbocycles. The van der Waals surface area contributed by atoms with Gasteiger partial charge in [0, 0.05) is 38.6 Å². The second kappa shape index (κ2) is 10.4. The van der Waals surface area contributed by atoms with Crippen molar-refractivity contribution in [1.29, 1.82) is 0 Å². The van der Waals surface area contributed by atoms with Crippen LogP contribution in [0.5, 0.6) is 0 Å². The molecule has 0 aliphatic carbocycles. The summed E-state index contributed by atoms with van der Waals surface area (Å²) in [6, 6.07) is 15.8. The van der Waals surface area contributed by atoms with Crippen LogP contribution in [-0.4, -0.2) is 40.7 Å². The van der Waals surface area contributed by atoms with Crippen molar-refractivity contribution in [3.05, 3.63) is 131 Å². The highest BCUT2D eigenvalue weighted by Gasteiger charge is 2.23. The first-order chi connectivity index (χ1) is 20.1. The molecule has 0 radical (unpaired) electrons. The third-order valence-corrected chi connectivity index (χ3v) is 6.99. The maximum Gasteiger partial charge on any atom is 0.164 e. The molecular weight excluding hydrogens is 508 g/mol. The zero-order chi connectivity index (χ0) is 28.5. The summed E-state index contributed by atoms with van der Waals surface area (Å²) in [7, 11) is 0. The van der Waals surface area contributed by atoms with Gasteiger partial charge >= 0.3 is 0 Å². The molecular formula is C33H26N8. The molecule has 0 saturated heterocycles. The van der Waals surface area contributed by atoms with Gasteiger partial charge in [-0.1, -0.05) is 99.2 Å². The SMILES string of the molecule is C=C/C1=C(\C=C)C(N=C)=NC2=NC(=Nc3[nH]c(c4ccccc34)N=c3[nH]c(c(C=C)c3C=C)=NC1)c1ccccc12. The molecule has 2 N–H and O–H groups in total. The molecule has 8 nitrogen and oxygen atoms in total. The average Bonchev–Trinajstić information content (AvgIpc) is 3.65. The van der Waals surface area contributed by atoms with Crippen molar-refractivity contribution in [3.63, 3.8) is 0 Å². The minimum absolute atomic E-state index is 0.266. The molecule has 198 valence electrons. The number of rotatable bonds is 4. The van der Waals surface area contributed by atoms with E-state index in [0.717, 1.165) is 38.6 Å². The van der Waals surface area contributed by atoms with Crippen LogP contribution in [0.1, 0.15) is 22.3 Å². The third-order valence-electron chi connectivity index (χ3n) is 6.99. The second-order valence-electron chi connectivity index (χ2n) is 9.21. The standard InChI is InChI=1S/C33H26N8/c1-6-19-18-35-28-21(8-3)22(9-4)29(37-28)38-31-25-16-12-13-17-26(25)33(40-31)41-32-24-15-11-10-14-23(24)30(39-32)36-27(34-5)20(19)7-2/h6-17,40H,1-5,18H2,(H,35,37,38)/b20-19-,36-27?,41-32?. The lowest BCUT2D eigenvalue weighted by Crippen LogP contribution is -2.13. The summed E-state index contributed by atoms with van der Waals surface area (Å²) in [5.41, 5.74) is 5.89. The molecule has 0 atom stereocenters. The minimum atomic E-state index is 0.266. The van der Waals surface area contributed by atoms with Crippen molar-refractivity contribution in [3.8, 4) is 0 Å². The maximum absolute atomic E-state index is 4.97. The van der Waals surface area contributed by atoms with Gasteiger partial charge in [-0.2, -0.15) is 0 Å². The number of amidine groups is 3. The van der Waals surface area contributed by atoms with Gasteiger partial charge in [-0.25, -0.2) is 25.0 Å². The summed E-state index contributed by atoms with van der Waals surface area (Å²) in [5, 5.41) is 1.82. The summed E-state index contributed by atoms with van der Waals surface area (Å²) in [6.45, 7) is 20.1. The minimum Gasteiger partial charge on any atom is -0.324 e. The maximum atomic E-state index is 4.97. The smallest absolute Gasteiger partial charge is 0.164 e. The Hall–Kier alpha value is -5.76. The summed E-state index contributed by atoms with van der Waals surface area (Å²) in [4.78, 5) is 35.4. The topological polar surface area (TPSA) is 106 Å². The van der Waals surface area contributed by atoms with E-state index in [-0.39, 0.29) is 6.54 Å². The fourth-order valence-electron chi connectivity index (χ4n) is 5.00. The number of aromatic amines is 2. The first kappa shape index (κ1) is 25.5. The van der Waals surface area contributed by atoms with Gasteiger partial charge in [0.25, 0.3) is 0 Å². The molecule has 2 aliphatic heterocycles. The second-order valence-corrected chi connectivity index (χ2v) is 9.21. The van der Waals surface area contributed by atoms with E-state index in [2.05, 4.69) is 48.0 Å². The van der Waals surface area contributed by atoms with Crippen LogP contribution in [0.15, 0.2) is 128 Å².